The van der Waals surface area contributed by atoms with Crippen LogP contribution in [0.3, 0.4) is 0 Å². The summed E-state index contributed by atoms with van der Waals surface area (Å²) in [6, 6.07) is 8.84. The Kier molecular flexibility index (Phi) is 8.87. The Bertz CT molecular complexity index is 871. The molecule has 0 saturated carbocycles. The number of aryl methyl sites for hydroxylation is 1. The standard InChI is InChI=1S/C23H33BN4O4/c1-16-7-9-17(10-8-16)12-20(24(31)32)27-22(30)26-15-19-6-5-11-28(19)21(29)18(14-25)13-23(2,3)4/h7-10,13,19-20,31-32H,5-6,11-12,15H2,1-4H3,(H2,26,27,30)/b18-13+/t19-,20+/m1/s1. The van der Waals surface area contributed by atoms with Gasteiger partial charge in [0.15, 0.2) is 0 Å². The molecule has 1 fully saturated rings. The van der Waals surface area contributed by atoms with Crippen LogP contribution < -0.4 is 10.6 Å². The molecule has 172 valence electrons. The number of nitriles is 1. The zero-order chi connectivity index (χ0) is 23.9. The first kappa shape index (κ1) is 25.4. The molecule has 1 heterocycles. The average Bonchev–Trinajstić information content (AvgIpc) is 3.19. The summed E-state index contributed by atoms with van der Waals surface area (Å²) in [5.74, 6) is -1.20. The van der Waals surface area contributed by atoms with Crippen LogP contribution in [0.1, 0.15) is 44.7 Å². The molecular weight excluding hydrogens is 407 g/mol. The van der Waals surface area contributed by atoms with Gasteiger partial charge in [-0.1, -0.05) is 56.7 Å². The van der Waals surface area contributed by atoms with Gasteiger partial charge in [0, 0.05) is 19.1 Å². The maximum absolute atomic E-state index is 12.8. The van der Waals surface area contributed by atoms with Gasteiger partial charge in [-0.05, 0) is 37.2 Å². The molecule has 0 radical (unpaired) electrons. The van der Waals surface area contributed by atoms with Gasteiger partial charge in [0.2, 0.25) is 0 Å². The summed E-state index contributed by atoms with van der Waals surface area (Å²) in [5, 5.41) is 34.1. The van der Waals surface area contributed by atoms with Crippen molar-refractivity contribution in [3.8, 4) is 6.07 Å². The first-order chi connectivity index (χ1) is 15.0. The molecule has 0 spiro atoms. The first-order valence-corrected chi connectivity index (χ1v) is 10.9. The van der Waals surface area contributed by atoms with Gasteiger partial charge in [0.25, 0.3) is 5.91 Å². The van der Waals surface area contributed by atoms with E-state index in [-0.39, 0.29) is 35.9 Å². The Morgan fingerprint density at radius 1 is 1.31 bits per heavy atom. The van der Waals surface area contributed by atoms with E-state index < -0.39 is 19.1 Å². The fourth-order valence-electron chi connectivity index (χ4n) is 3.68. The van der Waals surface area contributed by atoms with Crippen molar-refractivity contribution in [2.75, 3.05) is 13.1 Å². The number of hydrogen-bond acceptors (Lipinski definition) is 5. The summed E-state index contributed by atoms with van der Waals surface area (Å²) in [6.07, 6.45) is 3.45. The van der Waals surface area contributed by atoms with Crippen molar-refractivity contribution in [1.82, 2.24) is 15.5 Å². The minimum atomic E-state index is -1.72. The minimum absolute atomic E-state index is 0.107. The van der Waals surface area contributed by atoms with E-state index in [4.69, 9.17) is 0 Å². The average molecular weight is 440 g/mol. The van der Waals surface area contributed by atoms with Gasteiger partial charge in [-0.2, -0.15) is 5.26 Å². The summed E-state index contributed by atoms with van der Waals surface area (Å²) in [5.41, 5.74) is 1.77. The Hall–Kier alpha value is -2.83. The van der Waals surface area contributed by atoms with E-state index in [1.165, 1.54) is 0 Å². The van der Waals surface area contributed by atoms with Crippen molar-refractivity contribution < 1.29 is 19.6 Å². The molecule has 4 N–H and O–H groups in total. The lowest BCUT2D eigenvalue weighted by molar-refractivity contribution is -0.127. The van der Waals surface area contributed by atoms with E-state index in [2.05, 4.69) is 10.6 Å². The Morgan fingerprint density at radius 2 is 1.97 bits per heavy atom. The number of hydrogen-bond donors (Lipinski definition) is 4. The van der Waals surface area contributed by atoms with Crippen molar-refractivity contribution in [2.45, 2.75) is 58.9 Å². The van der Waals surface area contributed by atoms with Crippen molar-refractivity contribution in [3.05, 3.63) is 47.0 Å². The van der Waals surface area contributed by atoms with Crippen LogP contribution >= 0.6 is 0 Å². The van der Waals surface area contributed by atoms with Gasteiger partial charge >= 0.3 is 13.1 Å². The highest BCUT2D eigenvalue weighted by Gasteiger charge is 2.32. The second-order valence-electron chi connectivity index (χ2n) is 9.39. The molecule has 1 aromatic rings. The summed E-state index contributed by atoms with van der Waals surface area (Å²) in [4.78, 5) is 26.9. The van der Waals surface area contributed by atoms with Gasteiger partial charge in [-0.3, -0.25) is 4.79 Å². The maximum Gasteiger partial charge on any atom is 0.475 e. The molecule has 9 heteroatoms. The van der Waals surface area contributed by atoms with Gasteiger partial charge in [0.1, 0.15) is 11.6 Å². The van der Waals surface area contributed by atoms with Crippen LogP contribution in [0.5, 0.6) is 0 Å². The number of nitrogens with one attached hydrogen (secondary N) is 2. The summed E-state index contributed by atoms with van der Waals surface area (Å²) < 4.78 is 0. The number of amides is 3. The van der Waals surface area contributed by atoms with Crippen LogP contribution in [0.4, 0.5) is 4.79 Å². The zero-order valence-electron chi connectivity index (χ0n) is 19.3. The number of urea groups is 1. The molecule has 0 bridgehead atoms. The molecule has 1 aromatic carbocycles. The lowest BCUT2D eigenvalue weighted by Crippen LogP contribution is -2.53. The number of nitrogens with zero attached hydrogens (tertiary/aromatic N) is 2. The van der Waals surface area contributed by atoms with Crippen LogP contribution in [-0.2, 0) is 11.2 Å². The Morgan fingerprint density at radius 3 is 2.53 bits per heavy atom. The van der Waals surface area contributed by atoms with Crippen molar-refractivity contribution in [3.63, 3.8) is 0 Å². The number of benzene rings is 1. The third-order valence-corrected chi connectivity index (χ3v) is 5.32. The molecule has 1 saturated heterocycles. The fraction of sp³-hybridized carbons (Fsp3) is 0.522. The van der Waals surface area contributed by atoms with Crippen LogP contribution in [0.15, 0.2) is 35.9 Å². The second-order valence-corrected chi connectivity index (χ2v) is 9.39. The van der Waals surface area contributed by atoms with E-state index in [0.717, 1.165) is 24.0 Å². The van der Waals surface area contributed by atoms with Gasteiger partial charge in [0.05, 0.1) is 5.94 Å². The quantitative estimate of drug-likeness (QED) is 0.292. The van der Waals surface area contributed by atoms with E-state index in [9.17, 15) is 24.9 Å². The molecule has 1 aliphatic heterocycles. The highest BCUT2D eigenvalue weighted by molar-refractivity contribution is 6.43. The Labute approximate surface area is 190 Å². The molecule has 0 unspecified atom stereocenters. The molecule has 2 atom stereocenters. The molecular formula is C23H33BN4O4. The van der Waals surface area contributed by atoms with Gasteiger partial charge < -0.3 is 25.6 Å². The molecule has 1 aliphatic rings. The zero-order valence-corrected chi connectivity index (χ0v) is 19.3. The number of allylic oxidation sites excluding steroid dienone is 1. The lowest BCUT2D eigenvalue weighted by atomic mass is 9.76. The van der Waals surface area contributed by atoms with E-state index in [1.54, 1.807) is 11.0 Å². The van der Waals surface area contributed by atoms with Crippen molar-refractivity contribution in [2.24, 2.45) is 5.41 Å². The Balaban J connectivity index is 1.95. The number of likely N-dealkylation sites (tertiary alicyclic amines) is 1. The first-order valence-electron chi connectivity index (χ1n) is 10.9. The monoisotopic (exact) mass is 440 g/mol. The van der Waals surface area contributed by atoms with Gasteiger partial charge in [-0.25, -0.2) is 4.79 Å². The minimum Gasteiger partial charge on any atom is -0.426 e. The summed E-state index contributed by atoms with van der Waals surface area (Å²) >= 11 is 0. The van der Waals surface area contributed by atoms with Gasteiger partial charge in [-0.15, -0.1) is 0 Å². The second kappa shape index (κ2) is 11.2. The smallest absolute Gasteiger partial charge is 0.426 e. The van der Waals surface area contributed by atoms with E-state index >= 15 is 0 Å². The van der Waals surface area contributed by atoms with E-state index in [0.29, 0.717) is 6.54 Å². The topological polar surface area (TPSA) is 126 Å². The third-order valence-electron chi connectivity index (χ3n) is 5.32. The molecule has 0 aliphatic carbocycles. The molecule has 8 nitrogen and oxygen atoms in total. The van der Waals surface area contributed by atoms with Crippen LogP contribution in [0.2, 0.25) is 0 Å². The normalized spacial score (nSPS) is 17.5. The maximum atomic E-state index is 12.8. The highest BCUT2D eigenvalue weighted by Crippen LogP contribution is 2.23. The fourth-order valence-corrected chi connectivity index (χ4v) is 3.68. The number of carbonyl (C=O) groups is 2. The molecule has 32 heavy (non-hydrogen) atoms. The molecule has 0 aromatic heterocycles. The summed E-state index contributed by atoms with van der Waals surface area (Å²) in [6.45, 7) is 8.48. The number of rotatable bonds is 7. The molecule has 3 amide bonds. The highest BCUT2D eigenvalue weighted by atomic mass is 16.4. The summed E-state index contributed by atoms with van der Waals surface area (Å²) in [7, 11) is -1.72. The lowest BCUT2D eigenvalue weighted by Gasteiger charge is -2.26. The largest absolute Gasteiger partial charge is 0.475 e. The predicted octanol–water partition coefficient (Wildman–Crippen LogP) is 1.70. The van der Waals surface area contributed by atoms with Crippen LogP contribution in [0, 0.1) is 23.7 Å². The molecule has 2 rings (SSSR count). The predicted molar refractivity (Wildman–Crippen MR) is 123 cm³/mol. The third kappa shape index (κ3) is 7.70. The van der Waals surface area contributed by atoms with Crippen molar-refractivity contribution in [1.29, 1.82) is 5.26 Å². The number of carbonyl (C=O) groups excluding carboxylic acids is 2. The van der Waals surface area contributed by atoms with Crippen LogP contribution in [0.25, 0.3) is 0 Å². The van der Waals surface area contributed by atoms with Crippen molar-refractivity contribution >= 4 is 19.1 Å². The SMILES string of the molecule is Cc1ccc(C[C@H](NC(=O)NC[C@H]2CCCN2C(=O)/C(C#N)=C/C(C)(C)C)B(O)O)cc1. The van der Waals surface area contributed by atoms with E-state index in [1.807, 2.05) is 58.0 Å². The van der Waals surface area contributed by atoms with Crippen LogP contribution in [-0.4, -0.2) is 59.1 Å².